The van der Waals surface area contributed by atoms with Crippen molar-refractivity contribution in [1.82, 2.24) is 10.2 Å². The lowest BCUT2D eigenvalue weighted by Crippen LogP contribution is -2.53. The standard InChI is InChI=1S/C12H23N3O3/c1-9(16)14-10-4-3-6-15(8-10)12(17)11(13)5-7-18-2/h10-11H,3-8,13H2,1-2H3,(H,14,16). The summed E-state index contributed by atoms with van der Waals surface area (Å²) in [5.41, 5.74) is 5.82. The molecule has 0 aliphatic carbocycles. The third-order valence-electron chi connectivity index (χ3n) is 3.09. The van der Waals surface area contributed by atoms with Crippen LogP contribution in [0, 0.1) is 0 Å². The molecule has 1 saturated heterocycles. The van der Waals surface area contributed by atoms with E-state index in [1.54, 1.807) is 12.0 Å². The Morgan fingerprint density at radius 1 is 1.56 bits per heavy atom. The monoisotopic (exact) mass is 257 g/mol. The summed E-state index contributed by atoms with van der Waals surface area (Å²) in [4.78, 5) is 24.8. The predicted molar refractivity (Wildman–Crippen MR) is 67.9 cm³/mol. The first-order valence-electron chi connectivity index (χ1n) is 6.35. The molecular weight excluding hydrogens is 234 g/mol. The van der Waals surface area contributed by atoms with E-state index < -0.39 is 6.04 Å². The second kappa shape index (κ2) is 7.33. The minimum Gasteiger partial charge on any atom is -0.385 e. The van der Waals surface area contributed by atoms with Gasteiger partial charge in [0.25, 0.3) is 0 Å². The fourth-order valence-corrected chi connectivity index (χ4v) is 2.19. The number of nitrogens with one attached hydrogen (secondary N) is 1. The molecule has 0 saturated carbocycles. The molecule has 0 bridgehead atoms. The van der Waals surface area contributed by atoms with Crippen LogP contribution in [0.5, 0.6) is 0 Å². The maximum Gasteiger partial charge on any atom is 0.239 e. The van der Waals surface area contributed by atoms with Gasteiger partial charge in [0, 0.05) is 39.8 Å². The summed E-state index contributed by atoms with van der Waals surface area (Å²) in [6, 6.07) is -0.462. The van der Waals surface area contributed by atoms with Crippen LogP contribution >= 0.6 is 0 Å². The summed E-state index contributed by atoms with van der Waals surface area (Å²) in [6.45, 7) is 3.25. The molecule has 0 aromatic rings. The topological polar surface area (TPSA) is 84.7 Å². The van der Waals surface area contributed by atoms with Gasteiger partial charge in [-0.25, -0.2) is 0 Å². The fourth-order valence-electron chi connectivity index (χ4n) is 2.19. The third kappa shape index (κ3) is 4.62. The fraction of sp³-hybridized carbons (Fsp3) is 0.833. The number of ether oxygens (including phenoxy) is 1. The molecule has 0 aromatic carbocycles. The van der Waals surface area contributed by atoms with Gasteiger partial charge in [-0.15, -0.1) is 0 Å². The Hall–Kier alpha value is -1.14. The van der Waals surface area contributed by atoms with Crippen LogP contribution in [0.1, 0.15) is 26.2 Å². The molecular formula is C12H23N3O3. The number of carbonyl (C=O) groups excluding carboxylic acids is 2. The second-order valence-corrected chi connectivity index (χ2v) is 4.71. The lowest BCUT2D eigenvalue weighted by molar-refractivity contribution is -0.135. The van der Waals surface area contributed by atoms with Gasteiger partial charge in [0.15, 0.2) is 0 Å². The predicted octanol–water partition coefficient (Wildman–Crippen LogP) is -0.523. The van der Waals surface area contributed by atoms with Gasteiger partial charge in [0.05, 0.1) is 6.04 Å². The number of carbonyl (C=O) groups is 2. The number of likely N-dealkylation sites (tertiary alicyclic amines) is 1. The Balaban J connectivity index is 2.44. The minimum atomic E-state index is -0.513. The highest BCUT2D eigenvalue weighted by molar-refractivity contribution is 5.82. The van der Waals surface area contributed by atoms with Gasteiger partial charge >= 0.3 is 0 Å². The number of rotatable bonds is 5. The first kappa shape index (κ1) is 14.9. The summed E-state index contributed by atoms with van der Waals surface area (Å²) in [7, 11) is 1.59. The summed E-state index contributed by atoms with van der Waals surface area (Å²) in [6.07, 6.45) is 2.33. The Bertz CT molecular complexity index is 296. The van der Waals surface area contributed by atoms with Gasteiger partial charge in [0.2, 0.25) is 11.8 Å². The molecule has 18 heavy (non-hydrogen) atoms. The van der Waals surface area contributed by atoms with Crippen molar-refractivity contribution in [3.8, 4) is 0 Å². The largest absolute Gasteiger partial charge is 0.385 e. The normalized spacial score (nSPS) is 21.5. The molecule has 6 heteroatoms. The highest BCUT2D eigenvalue weighted by Crippen LogP contribution is 2.11. The van der Waals surface area contributed by atoms with Gasteiger partial charge in [-0.2, -0.15) is 0 Å². The van der Waals surface area contributed by atoms with Crippen molar-refractivity contribution in [2.45, 2.75) is 38.3 Å². The first-order valence-corrected chi connectivity index (χ1v) is 6.35. The molecule has 1 aliphatic heterocycles. The minimum absolute atomic E-state index is 0.0508. The Kier molecular flexibility index (Phi) is 6.07. The second-order valence-electron chi connectivity index (χ2n) is 4.71. The molecule has 1 rings (SSSR count). The maximum atomic E-state index is 12.1. The van der Waals surface area contributed by atoms with E-state index in [2.05, 4.69) is 5.32 Å². The summed E-state index contributed by atoms with van der Waals surface area (Å²) in [5.74, 6) is -0.111. The van der Waals surface area contributed by atoms with Crippen LogP contribution in [-0.2, 0) is 14.3 Å². The molecule has 0 aromatic heterocycles. The smallest absolute Gasteiger partial charge is 0.239 e. The van der Waals surface area contributed by atoms with Crippen molar-refractivity contribution in [1.29, 1.82) is 0 Å². The quantitative estimate of drug-likeness (QED) is 0.694. The number of hydrogen-bond donors (Lipinski definition) is 2. The average Bonchev–Trinajstić information content (AvgIpc) is 2.34. The van der Waals surface area contributed by atoms with Gasteiger partial charge in [-0.05, 0) is 19.3 Å². The van der Waals surface area contributed by atoms with Crippen molar-refractivity contribution in [2.24, 2.45) is 5.73 Å². The lowest BCUT2D eigenvalue weighted by Gasteiger charge is -2.34. The van der Waals surface area contributed by atoms with Crippen molar-refractivity contribution in [3.63, 3.8) is 0 Å². The van der Waals surface area contributed by atoms with Crippen LogP contribution in [0.2, 0.25) is 0 Å². The Morgan fingerprint density at radius 2 is 2.28 bits per heavy atom. The van der Waals surface area contributed by atoms with E-state index in [1.807, 2.05) is 0 Å². The number of piperidine rings is 1. The van der Waals surface area contributed by atoms with Crippen LogP contribution in [0.15, 0.2) is 0 Å². The molecule has 2 atom stereocenters. The molecule has 104 valence electrons. The number of nitrogens with two attached hydrogens (primary N) is 1. The zero-order valence-electron chi connectivity index (χ0n) is 11.1. The van der Waals surface area contributed by atoms with Crippen LogP contribution in [0.25, 0.3) is 0 Å². The van der Waals surface area contributed by atoms with E-state index in [0.29, 0.717) is 19.6 Å². The van der Waals surface area contributed by atoms with Crippen LogP contribution < -0.4 is 11.1 Å². The van der Waals surface area contributed by atoms with Crippen LogP contribution in [0.3, 0.4) is 0 Å². The molecule has 2 unspecified atom stereocenters. The number of methoxy groups -OCH3 is 1. The number of hydrogen-bond acceptors (Lipinski definition) is 4. The van der Waals surface area contributed by atoms with E-state index >= 15 is 0 Å². The van der Waals surface area contributed by atoms with E-state index in [0.717, 1.165) is 19.4 Å². The maximum absolute atomic E-state index is 12.1. The zero-order chi connectivity index (χ0) is 13.5. The van der Waals surface area contributed by atoms with Crippen molar-refractivity contribution in [3.05, 3.63) is 0 Å². The van der Waals surface area contributed by atoms with E-state index in [-0.39, 0.29) is 17.9 Å². The summed E-state index contributed by atoms with van der Waals surface area (Å²) < 4.78 is 4.92. The number of nitrogens with zero attached hydrogens (tertiary/aromatic N) is 1. The molecule has 6 nitrogen and oxygen atoms in total. The first-order chi connectivity index (χ1) is 8.54. The zero-order valence-corrected chi connectivity index (χ0v) is 11.1. The molecule has 1 aliphatic rings. The average molecular weight is 257 g/mol. The highest BCUT2D eigenvalue weighted by Gasteiger charge is 2.27. The van der Waals surface area contributed by atoms with E-state index in [1.165, 1.54) is 6.92 Å². The Labute approximate surface area is 108 Å². The van der Waals surface area contributed by atoms with Gasteiger partial charge in [0.1, 0.15) is 0 Å². The highest BCUT2D eigenvalue weighted by atomic mass is 16.5. The molecule has 2 amide bonds. The van der Waals surface area contributed by atoms with Crippen LogP contribution in [0.4, 0.5) is 0 Å². The van der Waals surface area contributed by atoms with Crippen molar-refractivity contribution < 1.29 is 14.3 Å². The van der Waals surface area contributed by atoms with Gasteiger partial charge in [-0.3, -0.25) is 9.59 Å². The molecule has 0 radical (unpaired) electrons. The molecule has 1 heterocycles. The third-order valence-corrected chi connectivity index (χ3v) is 3.09. The van der Waals surface area contributed by atoms with Gasteiger partial charge in [-0.1, -0.05) is 0 Å². The summed E-state index contributed by atoms with van der Waals surface area (Å²) in [5, 5.41) is 2.85. The van der Waals surface area contributed by atoms with Crippen molar-refractivity contribution in [2.75, 3.05) is 26.8 Å². The summed E-state index contributed by atoms with van der Waals surface area (Å²) >= 11 is 0. The molecule has 1 fully saturated rings. The Morgan fingerprint density at radius 3 is 2.89 bits per heavy atom. The van der Waals surface area contributed by atoms with E-state index in [9.17, 15) is 9.59 Å². The van der Waals surface area contributed by atoms with Gasteiger partial charge < -0.3 is 20.7 Å². The van der Waals surface area contributed by atoms with E-state index in [4.69, 9.17) is 10.5 Å². The van der Waals surface area contributed by atoms with Crippen molar-refractivity contribution >= 4 is 11.8 Å². The molecule has 3 N–H and O–H groups in total. The van der Waals surface area contributed by atoms with Crippen LogP contribution in [-0.4, -0.2) is 55.6 Å². The number of amides is 2. The molecule has 0 spiro atoms. The lowest BCUT2D eigenvalue weighted by atomic mass is 10.0. The SMILES string of the molecule is COCCC(N)C(=O)N1CCCC(NC(C)=O)C1.